The van der Waals surface area contributed by atoms with Crippen LogP contribution in [0.15, 0.2) is 78.9 Å². The van der Waals surface area contributed by atoms with Crippen molar-refractivity contribution in [3.05, 3.63) is 101 Å². The quantitative estimate of drug-likeness (QED) is 0.398. The van der Waals surface area contributed by atoms with E-state index in [1.54, 1.807) is 23.7 Å². The number of aryl methyl sites for hydroxylation is 2. The van der Waals surface area contributed by atoms with E-state index in [9.17, 15) is 9.59 Å². The zero-order chi connectivity index (χ0) is 23.4. The summed E-state index contributed by atoms with van der Waals surface area (Å²) < 4.78 is 6.88. The summed E-state index contributed by atoms with van der Waals surface area (Å²) in [6.07, 6.45) is 0. The molecule has 4 rings (SSSR count). The number of benzene rings is 3. The van der Waals surface area contributed by atoms with Gasteiger partial charge in [0.25, 0.3) is 5.91 Å². The number of carbonyl (C=O) groups excluding carboxylic acids is 2. The molecule has 0 bridgehead atoms. The minimum atomic E-state index is -0.478. The van der Waals surface area contributed by atoms with Gasteiger partial charge in [-0.05, 0) is 68.8 Å². The lowest BCUT2D eigenvalue weighted by Crippen LogP contribution is -2.12. The number of anilines is 1. The van der Waals surface area contributed by atoms with E-state index in [0.717, 1.165) is 28.1 Å². The molecule has 33 heavy (non-hydrogen) atoms. The van der Waals surface area contributed by atoms with Crippen molar-refractivity contribution in [1.82, 2.24) is 9.78 Å². The number of nitrogens with one attached hydrogen (secondary N) is 1. The molecule has 4 aromatic rings. The second kappa shape index (κ2) is 9.53. The number of rotatable bonds is 6. The summed E-state index contributed by atoms with van der Waals surface area (Å²) in [5.74, 6) is -0.663. The summed E-state index contributed by atoms with van der Waals surface area (Å²) in [7, 11) is 0. The highest BCUT2D eigenvalue weighted by molar-refractivity contribution is 6.04. The highest BCUT2D eigenvalue weighted by Crippen LogP contribution is 2.27. The molecule has 166 valence electrons. The van der Waals surface area contributed by atoms with Gasteiger partial charge in [0.05, 0.1) is 18.0 Å². The highest BCUT2D eigenvalue weighted by atomic mass is 16.5. The van der Waals surface area contributed by atoms with E-state index < -0.39 is 5.97 Å². The number of hydrogen-bond donors (Lipinski definition) is 1. The smallest absolute Gasteiger partial charge is 0.358 e. The summed E-state index contributed by atoms with van der Waals surface area (Å²) in [4.78, 5) is 25.1. The molecular weight excluding hydrogens is 414 g/mol. The largest absolute Gasteiger partial charge is 0.461 e. The first-order valence-electron chi connectivity index (χ1n) is 10.8. The second-order valence-corrected chi connectivity index (χ2v) is 7.79. The highest BCUT2D eigenvalue weighted by Gasteiger charge is 2.18. The normalized spacial score (nSPS) is 10.6. The van der Waals surface area contributed by atoms with Gasteiger partial charge in [-0.15, -0.1) is 0 Å². The molecule has 1 N–H and O–H groups in total. The third kappa shape index (κ3) is 5.01. The number of ether oxygens (including phenoxy) is 1. The Hall–Kier alpha value is -4.19. The molecule has 0 fully saturated rings. The maximum atomic E-state index is 12.7. The van der Waals surface area contributed by atoms with Crippen LogP contribution in [0.1, 0.15) is 38.9 Å². The van der Waals surface area contributed by atoms with Crippen LogP contribution in [0, 0.1) is 13.8 Å². The molecule has 0 aliphatic carbocycles. The van der Waals surface area contributed by atoms with Gasteiger partial charge in [0.15, 0.2) is 5.69 Å². The summed E-state index contributed by atoms with van der Waals surface area (Å²) >= 11 is 0. The van der Waals surface area contributed by atoms with E-state index in [2.05, 4.69) is 10.4 Å². The predicted molar refractivity (Wildman–Crippen MR) is 129 cm³/mol. The molecule has 1 amide bonds. The van der Waals surface area contributed by atoms with Crippen molar-refractivity contribution in [2.75, 3.05) is 11.9 Å². The van der Waals surface area contributed by atoms with Gasteiger partial charge in [0, 0.05) is 16.8 Å². The second-order valence-electron chi connectivity index (χ2n) is 7.79. The minimum Gasteiger partial charge on any atom is -0.461 e. The van der Waals surface area contributed by atoms with E-state index in [0.29, 0.717) is 11.3 Å². The molecule has 0 saturated heterocycles. The standard InChI is InChI=1S/C27H25N3O3/c1-4-33-27(32)24-17-25(30(29-24)23-13-6-9-19(3)15-23)20-10-7-12-22(16-20)28-26(31)21-11-5-8-18(2)14-21/h5-17H,4H2,1-3H3,(H,28,31). The molecular formula is C27H25N3O3. The van der Waals surface area contributed by atoms with Gasteiger partial charge < -0.3 is 10.1 Å². The van der Waals surface area contributed by atoms with Crippen molar-refractivity contribution < 1.29 is 14.3 Å². The average molecular weight is 440 g/mol. The van der Waals surface area contributed by atoms with Crippen molar-refractivity contribution in [1.29, 1.82) is 0 Å². The van der Waals surface area contributed by atoms with Crippen LogP contribution in [0.2, 0.25) is 0 Å². The van der Waals surface area contributed by atoms with E-state index in [4.69, 9.17) is 4.74 Å². The van der Waals surface area contributed by atoms with Crippen LogP contribution in [0.3, 0.4) is 0 Å². The molecule has 0 aliphatic rings. The Balaban J connectivity index is 1.72. The first-order chi connectivity index (χ1) is 15.9. The van der Waals surface area contributed by atoms with Crippen LogP contribution >= 0.6 is 0 Å². The monoisotopic (exact) mass is 439 g/mol. The van der Waals surface area contributed by atoms with E-state index in [-0.39, 0.29) is 18.2 Å². The average Bonchev–Trinajstić information content (AvgIpc) is 3.25. The van der Waals surface area contributed by atoms with Crippen LogP contribution in [0.4, 0.5) is 5.69 Å². The molecule has 6 heteroatoms. The molecule has 0 aliphatic heterocycles. The van der Waals surface area contributed by atoms with Gasteiger partial charge in [0.1, 0.15) is 0 Å². The maximum absolute atomic E-state index is 12.7. The number of amides is 1. The Bertz CT molecular complexity index is 1320. The number of aromatic nitrogens is 2. The fourth-order valence-corrected chi connectivity index (χ4v) is 3.59. The molecule has 0 radical (unpaired) electrons. The lowest BCUT2D eigenvalue weighted by molar-refractivity contribution is 0.0519. The van der Waals surface area contributed by atoms with E-state index in [1.807, 2.05) is 80.6 Å². The first kappa shape index (κ1) is 22.0. The molecule has 6 nitrogen and oxygen atoms in total. The molecule has 0 atom stereocenters. The Labute approximate surface area is 192 Å². The van der Waals surface area contributed by atoms with Gasteiger partial charge in [-0.1, -0.05) is 42.0 Å². The van der Waals surface area contributed by atoms with Gasteiger partial charge in [-0.2, -0.15) is 5.10 Å². The number of esters is 1. The maximum Gasteiger partial charge on any atom is 0.358 e. The topological polar surface area (TPSA) is 73.2 Å². The minimum absolute atomic E-state index is 0.185. The number of carbonyl (C=O) groups is 2. The Morgan fingerprint density at radius 1 is 0.909 bits per heavy atom. The summed E-state index contributed by atoms with van der Waals surface area (Å²) in [5, 5.41) is 7.47. The molecule has 3 aromatic carbocycles. The fourth-order valence-electron chi connectivity index (χ4n) is 3.59. The third-order valence-corrected chi connectivity index (χ3v) is 5.14. The lowest BCUT2D eigenvalue weighted by atomic mass is 10.1. The molecule has 0 spiro atoms. The Morgan fingerprint density at radius 2 is 1.64 bits per heavy atom. The van der Waals surface area contributed by atoms with Crippen LogP contribution in [-0.2, 0) is 4.74 Å². The van der Waals surface area contributed by atoms with E-state index in [1.165, 1.54) is 0 Å². The van der Waals surface area contributed by atoms with Gasteiger partial charge >= 0.3 is 5.97 Å². The Morgan fingerprint density at radius 3 is 2.36 bits per heavy atom. The SMILES string of the molecule is CCOC(=O)c1cc(-c2cccc(NC(=O)c3cccc(C)c3)c2)n(-c2cccc(C)c2)n1. The molecule has 0 unspecified atom stereocenters. The van der Waals surface area contributed by atoms with Crippen molar-refractivity contribution in [2.24, 2.45) is 0 Å². The first-order valence-corrected chi connectivity index (χ1v) is 10.8. The summed E-state index contributed by atoms with van der Waals surface area (Å²) in [6, 6.07) is 24.5. The van der Waals surface area contributed by atoms with Gasteiger partial charge in [-0.3, -0.25) is 4.79 Å². The Kier molecular flexibility index (Phi) is 6.36. The summed E-state index contributed by atoms with van der Waals surface area (Å²) in [5.41, 5.74) is 5.91. The van der Waals surface area contributed by atoms with Gasteiger partial charge in [-0.25, -0.2) is 9.48 Å². The van der Waals surface area contributed by atoms with Crippen LogP contribution in [-0.4, -0.2) is 28.3 Å². The fraction of sp³-hybridized carbons (Fsp3) is 0.148. The van der Waals surface area contributed by atoms with Crippen LogP contribution in [0.25, 0.3) is 16.9 Å². The number of hydrogen-bond acceptors (Lipinski definition) is 4. The zero-order valence-corrected chi connectivity index (χ0v) is 18.8. The zero-order valence-electron chi connectivity index (χ0n) is 18.8. The molecule has 1 heterocycles. The molecule has 0 saturated carbocycles. The van der Waals surface area contributed by atoms with Gasteiger partial charge in [0.2, 0.25) is 0 Å². The molecule has 1 aromatic heterocycles. The third-order valence-electron chi connectivity index (χ3n) is 5.14. The van der Waals surface area contributed by atoms with Crippen LogP contribution < -0.4 is 5.32 Å². The van der Waals surface area contributed by atoms with Crippen LogP contribution in [0.5, 0.6) is 0 Å². The van der Waals surface area contributed by atoms with Crippen molar-refractivity contribution in [3.63, 3.8) is 0 Å². The lowest BCUT2D eigenvalue weighted by Gasteiger charge is -2.11. The van der Waals surface area contributed by atoms with E-state index >= 15 is 0 Å². The van der Waals surface area contributed by atoms with Crippen molar-refractivity contribution >= 4 is 17.6 Å². The summed E-state index contributed by atoms with van der Waals surface area (Å²) in [6.45, 7) is 5.98. The van der Waals surface area contributed by atoms with Crippen molar-refractivity contribution in [2.45, 2.75) is 20.8 Å². The predicted octanol–water partition coefficient (Wildman–Crippen LogP) is 5.59. The van der Waals surface area contributed by atoms with Crippen molar-refractivity contribution in [3.8, 4) is 16.9 Å². The number of nitrogens with zero attached hydrogens (tertiary/aromatic N) is 2.